The molecule has 0 N–H and O–H groups in total. The van der Waals surface area contributed by atoms with Gasteiger partial charge in [0, 0.05) is 16.4 Å². The van der Waals surface area contributed by atoms with E-state index in [0.29, 0.717) is 5.56 Å². The predicted molar refractivity (Wildman–Crippen MR) is 73.1 cm³/mol. The van der Waals surface area contributed by atoms with Crippen LogP contribution in [0.25, 0.3) is 0 Å². The number of rotatable bonds is 4. The second kappa shape index (κ2) is 6.06. The van der Waals surface area contributed by atoms with Gasteiger partial charge in [-0.3, -0.25) is 4.21 Å². The molecule has 0 amide bonds. The Labute approximate surface area is 113 Å². The van der Waals surface area contributed by atoms with Gasteiger partial charge in [0.2, 0.25) is 0 Å². The van der Waals surface area contributed by atoms with Crippen LogP contribution in [-0.4, -0.2) is 4.21 Å². The van der Waals surface area contributed by atoms with Crippen molar-refractivity contribution < 1.29 is 13.0 Å². The standard InChI is InChI=1S/C15H14F2OS/c1-11(12-6-8-14(16)9-7-12)19(18)10-13-4-2-3-5-15(13)17/h2-9,11H,10H2,1H3/t11-,19+/m1/s1. The minimum atomic E-state index is -1.25. The third kappa shape index (κ3) is 3.47. The third-order valence-corrected chi connectivity index (χ3v) is 4.65. The first-order valence-electron chi connectivity index (χ1n) is 5.94. The van der Waals surface area contributed by atoms with Crippen molar-refractivity contribution in [2.24, 2.45) is 0 Å². The van der Waals surface area contributed by atoms with Crippen molar-refractivity contribution in [1.29, 1.82) is 0 Å². The first-order valence-corrected chi connectivity index (χ1v) is 7.32. The molecule has 4 heteroatoms. The molecule has 2 aromatic carbocycles. The van der Waals surface area contributed by atoms with E-state index in [-0.39, 0.29) is 22.6 Å². The van der Waals surface area contributed by atoms with Crippen molar-refractivity contribution in [3.05, 3.63) is 71.3 Å². The van der Waals surface area contributed by atoms with Crippen LogP contribution in [0.2, 0.25) is 0 Å². The number of benzene rings is 2. The van der Waals surface area contributed by atoms with Crippen LogP contribution >= 0.6 is 0 Å². The molecule has 100 valence electrons. The van der Waals surface area contributed by atoms with Gasteiger partial charge in [0.15, 0.2) is 0 Å². The van der Waals surface area contributed by atoms with Gasteiger partial charge in [0.05, 0.1) is 11.0 Å². The van der Waals surface area contributed by atoms with Gasteiger partial charge in [0.1, 0.15) is 11.6 Å². The molecule has 0 aliphatic heterocycles. The van der Waals surface area contributed by atoms with Gasteiger partial charge >= 0.3 is 0 Å². The zero-order valence-electron chi connectivity index (χ0n) is 10.5. The van der Waals surface area contributed by atoms with Gasteiger partial charge in [0.25, 0.3) is 0 Å². The van der Waals surface area contributed by atoms with Crippen LogP contribution < -0.4 is 0 Å². The van der Waals surface area contributed by atoms with E-state index < -0.39 is 10.8 Å². The first kappa shape index (κ1) is 13.9. The molecule has 0 aliphatic rings. The van der Waals surface area contributed by atoms with E-state index in [1.165, 1.54) is 18.2 Å². The lowest BCUT2D eigenvalue weighted by atomic mass is 10.2. The van der Waals surface area contributed by atoms with E-state index in [0.717, 1.165) is 5.56 Å². The second-order valence-electron chi connectivity index (χ2n) is 4.31. The summed E-state index contributed by atoms with van der Waals surface area (Å²) in [5, 5.41) is -0.264. The molecule has 1 nitrogen and oxygen atoms in total. The van der Waals surface area contributed by atoms with Crippen LogP contribution in [0.3, 0.4) is 0 Å². The Morgan fingerprint density at radius 3 is 2.32 bits per heavy atom. The largest absolute Gasteiger partial charge is 0.259 e. The molecule has 0 bridgehead atoms. The summed E-state index contributed by atoms with van der Waals surface area (Å²) in [5.74, 6) is -0.511. The summed E-state index contributed by atoms with van der Waals surface area (Å²) in [6.07, 6.45) is 0. The zero-order chi connectivity index (χ0) is 13.8. The van der Waals surface area contributed by atoms with Crippen LogP contribution in [0.5, 0.6) is 0 Å². The average molecular weight is 280 g/mol. The Balaban J connectivity index is 2.12. The lowest BCUT2D eigenvalue weighted by Crippen LogP contribution is -2.06. The molecule has 0 fully saturated rings. The zero-order valence-corrected chi connectivity index (χ0v) is 11.3. The Morgan fingerprint density at radius 2 is 1.68 bits per heavy atom. The summed E-state index contributed by atoms with van der Waals surface area (Å²) in [6.45, 7) is 1.80. The van der Waals surface area contributed by atoms with Crippen LogP contribution in [0.4, 0.5) is 8.78 Å². The molecule has 2 aromatic rings. The Hall–Kier alpha value is -1.55. The maximum Gasteiger partial charge on any atom is 0.127 e. The van der Waals surface area contributed by atoms with Gasteiger partial charge in [-0.1, -0.05) is 30.3 Å². The van der Waals surface area contributed by atoms with E-state index in [9.17, 15) is 13.0 Å². The molecule has 19 heavy (non-hydrogen) atoms. The smallest absolute Gasteiger partial charge is 0.127 e. The molecule has 0 saturated carbocycles. The Bertz CT molecular complexity index is 581. The molecular formula is C15H14F2OS. The van der Waals surface area contributed by atoms with Gasteiger partial charge < -0.3 is 0 Å². The van der Waals surface area contributed by atoms with E-state index in [2.05, 4.69) is 0 Å². The molecular weight excluding hydrogens is 266 g/mol. The van der Waals surface area contributed by atoms with Crippen molar-refractivity contribution in [2.75, 3.05) is 0 Å². The summed E-state index contributed by atoms with van der Waals surface area (Å²) in [7, 11) is -1.25. The van der Waals surface area contributed by atoms with Gasteiger partial charge in [-0.25, -0.2) is 8.78 Å². The Morgan fingerprint density at radius 1 is 1.05 bits per heavy atom. The van der Waals surface area contributed by atoms with Crippen molar-refractivity contribution in [1.82, 2.24) is 0 Å². The van der Waals surface area contributed by atoms with Gasteiger partial charge in [-0.05, 0) is 30.7 Å². The fraction of sp³-hybridized carbons (Fsp3) is 0.200. The SMILES string of the molecule is C[C@H](c1ccc(F)cc1)[S@@](=O)Cc1ccccc1F. The Kier molecular flexibility index (Phi) is 4.43. The van der Waals surface area contributed by atoms with Crippen LogP contribution in [0, 0.1) is 11.6 Å². The fourth-order valence-corrected chi connectivity index (χ4v) is 3.03. The second-order valence-corrected chi connectivity index (χ2v) is 6.07. The molecule has 0 unspecified atom stereocenters. The number of hydrogen-bond acceptors (Lipinski definition) is 1. The van der Waals surface area contributed by atoms with Crippen molar-refractivity contribution >= 4 is 10.8 Å². The minimum absolute atomic E-state index is 0.158. The van der Waals surface area contributed by atoms with E-state index >= 15 is 0 Å². The molecule has 0 spiro atoms. The molecule has 0 aliphatic carbocycles. The van der Waals surface area contributed by atoms with Crippen molar-refractivity contribution in [3.8, 4) is 0 Å². The summed E-state index contributed by atoms with van der Waals surface area (Å²) < 4.78 is 38.5. The lowest BCUT2D eigenvalue weighted by Gasteiger charge is -2.12. The molecule has 0 aromatic heterocycles. The highest BCUT2D eigenvalue weighted by molar-refractivity contribution is 7.84. The van der Waals surface area contributed by atoms with Gasteiger partial charge in [-0.15, -0.1) is 0 Å². The van der Waals surface area contributed by atoms with Crippen molar-refractivity contribution in [3.63, 3.8) is 0 Å². The summed E-state index contributed by atoms with van der Waals surface area (Å²) in [6, 6.07) is 12.2. The molecule has 0 heterocycles. The van der Waals surface area contributed by atoms with E-state index in [1.807, 2.05) is 0 Å². The van der Waals surface area contributed by atoms with E-state index in [1.54, 1.807) is 37.3 Å². The molecule has 2 atom stereocenters. The summed E-state index contributed by atoms with van der Waals surface area (Å²) in [4.78, 5) is 0. The normalized spacial score (nSPS) is 14.1. The first-order chi connectivity index (χ1) is 9.08. The third-order valence-electron chi connectivity index (χ3n) is 2.99. The highest BCUT2D eigenvalue weighted by atomic mass is 32.2. The number of halogens is 2. The van der Waals surface area contributed by atoms with Crippen LogP contribution in [0.1, 0.15) is 23.3 Å². The quantitative estimate of drug-likeness (QED) is 0.828. The topological polar surface area (TPSA) is 17.1 Å². The molecule has 0 saturated heterocycles. The van der Waals surface area contributed by atoms with E-state index in [4.69, 9.17) is 0 Å². The van der Waals surface area contributed by atoms with Crippen molar-refractivity contribution in [2.45, 2.75) is 17.9 Å². The maximum absolute atomic E-state index is 13.5. The lowest BCUT2D eigenvalue weighted by molar-refractivity contribution is 0.614. The molecule has 0 radical (unpaired) electrons. The monoisotopic (exact) mass is 280 g/mol. The summed E-state index contributed by atoms with van der Waals surface area (Å²) >= 11 is 0. The average Bonchev–Trinajstić information content (AvgIpc) is 2.41. The molecule has 2 rings (SSSR count). The van der Waals surface area contributed by atoms with Crippen LogP contribution in [-0.2, 0) is 16.6 Å². The van der Waals surface area contributed by atoms with Crippen LogP contribution in [0.15, 0.2) is 48.5 Å². The van der Waals surface area contributed by atoms with Gasteiger partial charge in [-0.2, -0.15) is 0 Å². The fourth-order valence-electron chi connectivity index (χ4n) is 1.78. The highest BCUT2D eigenvalue weighted by Gasteiger charge is 2.15. The minimum Gasteiger partial charge on any atom is -0.259 e. The summed E-state index contributed by atoms with van der Waals surface area (Å²) in [5.41, 5.74) is 1.23. The highest BCUT2D eigenvalue weighted by Crippen LogP contribution is 2.23. The predicted octanol–water partition coefficient (Wildman–Crippen LogP) is 3.97. The number of hydrogen-bond donors (Lipinski definition) is 0. The maximum atomic E-state index is 13.5.